The van der Waals surface area contributed by atoms with Gasteiger partial charge < -0.3 is 4.74 Å². The lowest BCUT2D eigenvalue weighted by Crippen LogP contribution is -2.34. The van der Waals surface area contributed by atoms with Crippen LogP contribution in [0.15, 0.2) is 29.2 Å². The number of thioether (sulfide) groups is 1. The maximum atomic E-state index is 9.39. The van der Waals surface area contributed by atoms with Crippen LogP contribution in [0.25, 0.3) is 0 Å². The quantitative estimate of drug-likeness (QED) is 0.736. The summed E-state index contributed by atoms with van der Waals surface area (Å²) in [5, 5.41) is 9.39. The second-order valence-electron chi connectivity index (χ2n) is 4.08. The van der Waals surface area contributed by atoms with Crippen LogP contribution in [0.1, 0.15) is 18.4 Å². The molecule has 2 nitrogen and oxygen atoms in total. The van der Waals surface area contributed by atoms with Gasteiger partial charge in [-0.3, -0.25) is 0 Å². The molecule has 1 fully saturated rings. The fourth-order valence-electron chi connectivity index (χ4n) is 2.09. The fraction of sp³-hybridized carbons (Fsp3) is 0.462. The molecule has 16 heavy (non-hydrogen) atoms. The Balaban J connectivity index is 2.29. The number of hydrogen-bond acceptors (Lipinski definition) is 3. The van der Waals surface area contributed by atoms with E-state index >= 15 is 0 Å². The van der Waals surface area contributed by atoms with Gasteiger partial charge in [0.2, 0.25) is 0 Å². The van der Waals surface area contributed by atoms with E-state index in [2.05, 4.69) is 36.6 Å². The Bertz CT molecular complexity index is 387. The van der Waals surface area contributed by atoms with Crippen LogP contribution in [0.5, 0.6) is 0 Å². The lowest BCUT2D eigenvalue weighted by atomic mass is 9.78. The summed E-state index contributed by atoms with van der Waals surface area (Å²) in [6.07, 6.45) is 3.93. The molecule has 1 aromatic carbocycles. The average Bonchev–Trinajstić information content (AvgIpc) is 2.39. The first-order chi connectivity index (χ1) is 7.80. The van der Waals surface area contributed by atoms with Crippen molar-refractivity contribution in [1.29, 1.82) is 5.26 Å². The molecule has 0 bridgehead atoms. The number of nitrogens with zero attached hydrogens (tertiary/aromatic N) is 1. The molecular weight excluding hydrogens is 218 g/mol. The van der Waals surface area contributed by atoms with Crippen LogP contribution in [-0.2, 0) is 10.2 Å². The summed E-state index contributed by atoms with van der Waals surface area (Å²) in [7, 11) is 0. The average molecular weight is 233 g/mol. The lowest BCUT2D eigenvalue weighted by molar-refractivity contribution is 0.0563. The van der Waals surface area contributed by atoms with Gasteiger partial charge in [0.1, 0.15) is 5.41 Å². The molecular formula is C13H15NOS. The normalized spacial score (nSPS) is 25.0. The smallest absolute Gasteiger partial charge is 0.106 e. The SMILES string of the molecule is CSc1ccc(C2(C#N)CCCOC2)cc1. The van der Waals surface area contributed by atoms with Crippen molar-refractivity contribution in [2.45, 2.75) is 23.2 Å². The van der Waals surface area contributed by atoms with E-state index < -0.39 is 5.41 Å². The van der Waals surface area contributed by atoms with Crippen molar-refractivity contribution < 1.29 is 4.74 Å². The Morgan fingerprint density at radius 1 is 1.38 bits per heavy atom. The van der Waals surface area contributed by atoms with Crippen LogP contribution >= 0.6 is 11.8 Å². The number of benzene rings is 1. The van der Waals surface area contributed by atoms with Crippen molar-refractivity contribution in [2.75, 3.05) is 19.5 Å². The van der Waals surface area contributed by atoms with E-state index in [-0.39, 0.29) is 0 Å². The Morgan fingerprint density at radius 3 is 2.62 bits per heavy atom. The summed E-state index contributed by atoms with van der Waals surface area (Å²) in [5.41, 5.74) is 0.669. The van der Waals surface area contributed by atoms with E-state index in [1.54, 1.807) is 11.8 Å². The van der Waals surface area contributed by atoms with Gasteiger partial charge in [0.05, 0.1) is 12.7 Å². The van der Waals surface area contributed by atoms with Crippen LogP contribution in [-0.4, -0.2) is 19.5 Å². The molecule has 1 atom stereocenters. The van der Waals surface area contributed by atoms with Crippen LogP contribution in [0.2, 0.25) is 0 Å². The summed E-state index contributed by atoms with van der Waals surface area (Å²) in [6, 6.07) is 10.7. The van der Waals surface area contributed by atoms with Gasteiger partial charge in [-0.25, -0.2) is 0 Å². The van der Waals surface area contributed by atoms with Crippen molar-refractivity contribution in [3.63, 3.8) is 0 Å². The molecule has 1 aliphatic heterocycles. The molecule has 0 saturated carbocycles. The van der Waals surface area contributed by atoms with E-state index in [4.69, 9.17) is 4.74 Å². The highest BCUT2D eigenvalue weighted by Crippen LogP contribution is 2.33. The molecule has 0 aromatic heterocycles. The monoisotopic (exact) mass is 233 g/mol. The van der Waals surface area contributed by atoms with Gasteiger partial charge >= 0.3 is 0 Å². The van der Waals surface area contributed by atoms with E-state index in [1.807, 2.05) is 0 Å². The van der Waals surface area contributed by atoms with Crippen molar-refractivity contribution in [3.8, 4) is 6.07 Å². The molecule has 2 rings (SSSR count). The zero-order chi connectivity index (χ0) is 11.4. The van der Waals surface area contributed by atoms with Crippen LogP contribution in [0.3, 0.4) is 0 Å². The van der Waals surface area contributed by atoms with Gasteiger partial charge in [0.15, 0.2) is 0 Å². The third-order valence-corrected chi connectivity index (χ3v) is 3.84. The lowest BCUT2D eigenvalue weighted by Gasteiger charge is -2.31. The van der Waals surface area contributed by atoms with Crippen molar-refractivity contribution in [2.24, 2.45) is 0 Å². The highest BCUT2D eigenvalue weighted by atomic mass is 32.2. The highest BCUT2D eigenvalue weighted by Gasteiger charge is 2.34. The predicted molar refractivity (Wildman–Crippen MR) is 65.6 cm³/mol. The minimum absolute atomic E-state index is 0.421. The van der Waals surface area contributed by atoms with Crippen LogP contribution < -0.4 is 0 Å². The van der Waals surface area contributed by atoms with Crippen LogP contribution in [0.4, 0.5) is 0 Å². The molecule has 1 unspecified atom stereocenters. The zero-order valence-electron chi connectivity index (χ0n) is 9.40. The third kappa shape index (κ3) is 2.09. The molecule has 0 N–H and O–H groups in total. The van der Waals surface area contributed by atoms with Crippen molar-refractivity contribution in [3.05, 3.63) is 29.8 Å². The molecule has 0 aliphatic carbocycles. The topological polar surface area (TPSA) is 33.0 Å². The number of rotatable bonds is 2. The Labute approximate surface area is 101 Å². The van der Waals surface area contributed by atoms with Crippen molar-refractivity contribution in [1.82, 2.24) is 0 Å². The van der Waals surface area contributed by atoms with Gasteiger partial charge in [-0.2, -0.15) is 5.26 Å². The highest BCUT2D eigenvalue weighted by molar-refractivity contribution is 7.98. The van der Waals surface area contributed by atoms with E-state index in [0.717, 1.165) is 25.0 Å². The predicted octanol–water partition coefficient (Wildman–Crippen LogP) is 2.98. The summed E-state index contributed by atoms with van der Waals surface area (Å²) < 4.78 is 5.46. The molecule has 0 amide bonds. The van der Waals surface area contributed by atoms with E-state index in [9.17, 15) is 5.26 Å². The largest absolute Gasteiger partial charge is 0.379 e. The first-order valence-corrected chi connectivity index (χ1v) is 6.67. The van der Waals surface area contributed by atoms with Gasteiger partial charge in [0, 0.05) is 11.5 Å². The summed E-state index contributed by atoms with van der Waals surface area (Å²) in [4.78, 5) is 1.23. The molecule has 1 heterocycles. The summed E-state index contributed by atoms with van der Waals surface area (Å²) in [6.45, 7) is 1.31. The third-order valence-electron chi connectivity index (χ3n) is 3.10. The molecule has 84 valence electrons. The Hall–Kier alpha value is -0.980. The van der Waals surface area contributed by atoms with E-state index in [1.165, 1.54) is 4.90 Å². The second-order valence-corrected chi connectivity index (χ2v) is 4.96. The Morgan fingerprint density at radius 2 is 2.12 bits per heavy atom. The summed E-state index contributed by atoms with van der Waals surface area (Å²) in [5.74, 6) is 0. The number of hydrogen-bond donors (Lipinski definition) is 0. The fourth-order valence-corrected chi connectivity index (χ4v) is 2.49. The first kappa shape index (κ1) is 11.5. The summed E-state index contributed by atoms with van der Waals surface area (Å²) >= 11 is 1.72. The number of nitriles is 1. The maximum absolute atomic E-state index is 9.39. The van der Waals surface area contributed by atoms with Gasteiger partial charge in [0.25, 0.3) is 0 Å². The standard InChI is InChI=1S/C13H15NOS/c1-16-12-5-3-11(4-6-12)13(9-14)7-2-8-15-10-13/h3-6H,2,7-8,10H2,1H3. The first-order valence-electron chi connectivity index (χ1n) is 5.44. The molecule has 1 saturated heterocycles. The van der Waals surface area contributed by atoms with Gasteiger partial charge in [-0.05, 0) is 36.8 Å². The molecule has 3 heteroatoms. The molecule has 0 radical (unpaired) electrons. The molecule has 1 aliphatic rings. The van der Waals surface area contributed by atoms with Crippen molar-refractivity contribution >= 4 is 11.8 Å². The minimum atomic E-state index is -0.421. The Kier molecular flexibility index (Phi) is 3.52. The minimum Gasteiger partial charge on any atom is -0.379 e. The zero-order valence-corrected chi connectivity index (χ0v) is 10.2. The molecule has 0 spiro atoms. The van der Waals surface area contributed by atoms with Crippen LogP contribution in [0, 0.1) is 11.3 Å². The number of ether oxygens (including phenoxy) is 1. The van der Waals surface area contributed by atoms with Gasteiger partial charge in [-0.1, -0.05) is 12.1 Å². The maximum Gasteiger partial charge on any atom is 0.106 e. The van der Waals surface area contributed by atoms with Gasteiger partial charge in [-0.15, -0.1) is 11.8 Å². The molecule has 1 aromatic rings. The van der Waals surface area contributed by atoms with E-state index in [0.29, 0.717) is 6.61 Å². The second kappa shape index (κ2) is 4.90.